The van der Waals surface area contributed by atoms with Crippen LogP contribution >= 0.6 is 39.0 Å². The molecule has 1 aliphatic heterocycles. The second kappa shape index (κ2) is 2.29. The Bertz CT molecular complexity index is 207. The topological polar surface area (TPSA) is 0 Å². The lowest BCUT2D eigenvalue weighted by atomic mass is 10.3. The Labute approximate surface area is 70.8 Å². The lowest BCUT2D eigenvalue weighted by molar-refractivity contribution is 1.45. The molecule has 9 heavy (non-hydrogen) atoms. The monoisotopic (exact) mass is 220 g/mol. The lowest BCUT2D eigenvalue weighted by Gasteiger charge is -1.80. The molecule has 2 heterocycles. The van der Waals surface area contributed by atoms with Crippen LogP contribution in [-0.2, 0) is 11.5 Å². The second-order valence-corrected chi connectivity index (χ2v) is 5.49. The van der Waals surface area contributed by atoms with E-state index in [1.165, 1.54) is 20.9 Å². The van der Waals surface area contributed by atoms with Crippen molar-refractivity contribution in [1.82, 2.24) is 0 Å². The summed E-state index contributed by atoms with van der Waals surface area (Å²) < 4.78 is 1.28. The molecule has 1 aromatic rings. The highest BCUT2D eigenvalue weighted by atomic mass is 79.9. The van der Waals surface area contributed by atoms with E-state index in [-0.39, 0.29) is 0 Å². The number of thioether (sulfide) groups is 1. The van der Waals surface area contributed by atoms with Gasteiger partial charge in [-0.05, 0) is 27.6 Å². The fourth-order valence-electron chi connectivity index (χ4n) is 0.928. The van der Waals surface area contributed by atoms with Gasteiger partial charge in [-0.25, -0.2) is 0 Å². The number of hydrogen-bond acceptors (Lipinski definition) is 2. The van der Waals surface area contributed by atoms with E-state index < -0.39 is 0 Å². The molecule has 0 nitrogen and oxygen atoms in total. The van der Waals surface area contributed by atoms with Gasteiger partial charge in [-0.15, -0.1) is 11.3 Å². The Balaban J connectivity index is 2.51. The SMILES string of the molecule is Brc1cc2c(s1)CSC2. The van der Waals surface area contributed by atoms with E-state index in [0.717, 1.165) is 0 Å². The average molecular weight is 221 g/mol. The number of thiophene rings is 1. The van der Waals surface area contributed by atoms with Gasteiger partial charge in [-0.2, -0.15) is 11.8 Å². The Hall–Kier alpha value is 0.530. The molecule has 0 aromatic carbocycles. The first-order valence-corrected chi connectivity index (χ1v) is 5.47. The summed E-state index contributed by atoms with van der Waals surface area (Å²) in [6.45, 7) is 0. The van der Waals surface area contributed by atoms with Crippen LogP contribution < -0.4 is 0 Å². The molecule has 0 spiro atoms. The maximum absolute atomic E-state index is 3.47. The molecule has 3 heteroatoms. The molecule has 0 fully saturated rings. The molecule has 0 amide bonds. The van der Waals surface area contributed by atoms with Gasteiger partial charge in [0.25, 0.3) is 0 Å². The standard InChI is InChI=1S/C6H5BrS2/c7-6-1-4-2-8-3-5(4)9-6/h1H,2-3H2. The van der Waals surface area contributed by atoms with Crippen LogP contribution in [0.2, 0.25) is 0 Å². The zero-order valence-electron chi connectivity index (χ0n) is 4.69. The number of fused-ring (bicyclic) bond motifs is 1. The predicted molar refractivity (Wildman–Crippen MR) is 47.0 cm³/mol. The largest absolute Gasteiger partial charge is 0.152 e. The summed E-state index contributed by atoms with van der Waals surface area (Å²) in [6.07, 6.45) is 0. The summed E-state index contributed by atoms with van der Waals surface area (Å²) in [4.78, 5) is 1.56. The van der Waals surface area contributed by atoms with Crippen LogP contribution in [0.4, 0.5) is 0 Å². The van der Waals surface area contributed by atoms with E-state index in [9.17, 15) is 0 Å². The van der Waals surface area contributed by atoms with E-state index in [4.69, 9.17) is 0 Å². The van der Waals surface area contributed by atoms with E-state index in [1.54, 1.807) is 4.88 Å². The molecule has 0 atom stereocenters. The molecular formula is C6H5BrS2. The number of halogens is 1. The third-order valence-electron chi connectivity index (χ3n) is 1.36. The smallest absolute Gasteiger partial charge is 0.0704 e. The highest BCUT2D eigenvalue weighted by Gasteiger charge is 2.13. The van der Waals surface area contributed by atoms with Crippen molar-refractivity contribution in [3.63, 3.8) is 0 Å². The molecule has 2 rings (SSSR count). The molecule has 0 bridgehead atoms. The molecule has 0 N–H and O–H groups in total. The molecule has 48 valence electrons. The second-order valence-electron chi connectivity index (χ2n) is 1.99. The van der Waals surface area contributed by atoms with Crippen molar-refractivity contribution in [1.29, 1.82) is 0 Å². The first kappa shape index (κ1) is 6.25. The Kier molecular flexibility index (Phi) is 1.59. The Morgan fingerprint density at radius 1 is 1.44 bits per heavy atom. The molecule has 0 saturated carbocycles. The first-order chi connectivity index (χ1) is 4.36. The summed E-state index contributed by atoms with van der Waals surface area (Å²) in [6, 6.07) is 2.24. The van der Waals surface area contributed by atoms with Gasteiger partial charge in [-0.3, -0.25) is 0 Å². The molecule has 0 saturated heterocycles. The minimum absolute atomic E-state index is 1.22. The Morgan fingerprint density at radius 2 is 2.33 bits per heavy atom. The van der Waals surface area contributed by atoms with Crippen molar-refractivity contribution in [2.75, 3.05) is 0 Å². The normalized spacial score (nSPS) is 16.1. The van der Waals surface area contributed by atoms with Gasteiger partial charge in [0.2, 0.25) is 0 Å². The zero-order chi connectivity index (χ0) is 6.27. The van der Waals surface area contributed by atoms with Crippen LogP contribution in [0.3, 0.4) is 0 Å². The number of rotatable bonds is 0. The van der Waals surface area contributed by atoms with Crippen LogP contribution in [0, 0.1) is 0 Å². The van der Waals surface area contributed by atoms with E-state index in [1.807, 2.05) is 23.1 Å². The van der Waals surface area contributed by atoms with Gasteiger partial charge in [0, 0.05) is 16.4 Å². The fraction of sp³-hybridized carbons (Fsp3) is 0.333. The van der Waals surface area contributed by atoms with Crippen molar-refractivity contribution in [3.8, 4) is 0 Å². The van der Waals surface area contributed by atoms with Crippen LogP contribution in [0.5, 0.6) is 0 Å². The van der Waals surface area contributed by atoms with Gasteiger partial charge in [0.05, 0.1) is 3.79 Å². The van der Waals surface area contributed by atoms with Gasteiger partial charge in [0.15, 0.2) is 0 Å². The van der Waals surface area contributed by atoms with Crippen LogP contribution in [-0.4, -0.2) is 0 Å². The Morgan fingerprint density at radius 3 is 3.11 bits per heavy atom. The lowest BCUT2D eigenvalue weighted by Crippen LogP contribution is -1.65. The summed E-state index contributed by atoms with van der Waals surface area (Å²) >= 11 is 7.35. The predicted octanol–water partition coefficient (Wildman–Crippen LogP) is 3.26. The maximum atomic E-state index is 3.47. The van der Waals surface area contributed by atoms with Crippen molar-refractivity contribution in [2.45, 2.75) is 11.5 Å². The number of hydrogen-bond donors (Lipinski definition) is 0. The van der Waals surface area contributed by atoms with Gasteiger partial charge >= 0.3 is 0 Å². The molecule has 0 unspecified atom stereocenters. The molecule has 0 radical (unpaired) electrons. The van der Waals surface area contributed by atoms with Gasteiger partial charge in [-0.1, -0.05) is 0 Å². The third kappa shape index (κ3) is 1.06. The van der Waals surface area contributed by atoms with Crippen LogP contribution in [0.25, 0.3) is 0 Å². The maximum Gasteiger partial charge on any atom is 0.0704 e. The van der Waals surface area contributed by atoms with E-state index >= 15 is 0 Å². The summed E-state index contributed by atoms with van der Waals surface area (Å²) in [5.74, 6) is 2.45. The third-order valence-corrected chi connectivity index (χ3v) is 4.23. The summed E-state index contributed by atoms with van der Waals surface area (Å²) in [5.41, 5.74) is 1.54. The van der Waals surface area contributed by atoms with Gasteiger partial charge in [0.1, 0.15) is 0 Å². The van der Waals surface area contributed by atoms with Gasteiger partial charge < -0.3 is 0 Å². The van der Waals surface area contributed by atoms with Crippen LogP contribution in [0.1, 0.15) is 10.4 Å². The van der Waals surface area contributed by atoms with Crippen molar-refractivity contribution >= 4 is 39.0 Å². The van der Waals surface area contributed by atoms with Crippen molar-refractivity contribution < 1.29 is 0 Å². The first-order valence-electron chi connectivity index (χ1n) is 2.71. The fourth-order valence-corrected chi connectivity index (χ4v) is 4.02. The minimum Gasteiger partial charge on any atom is -0.152 e. The molecule has 0 aliphatic carbocycles. The minimum atomic E-state index is 1.22. The van der Waals surface area contributed by atoms with Crippen molar-refractivity contribution in [2.24, 2.45) is 0 Å². The highest BCUT2D eigenvalue weighted by molar-refractivity contribution is 9.11. The molecule has 1 aliphatic rings. The zero-order valence-corrected chi connectivity index (χ0v) is 7.91. The summed E-state index contributed by atoms with van der Waals surface area (Å²) in [7, 11) is 0. The van der Waals surface area contributed by atoms with E-state index in [2.05, 4.69) is 22.0 Å². The molecular weight excluding hydrogens is 216 g/mol. The van der Waals surface area contributed by atoms with E-state index in [0.29, 0.717) is 0 Å². The van der Waals surface area contributed by atoms with Crippen LogP contribution in [0.15, 0.2) is 9.85 Å². The molecule has 1 aromatic heterocycles. The average Bonchev–Trinajstić information content (AvgIpc) is 2.22. The van der Waals surface area contributed by atoms with Crippen molar-refractivity contribution in [3.05, 3.63) is 20.3 Å². The highest BCUT2D eigenvalue weighted by Crippen LogP contribution is 2.38. The quantitative estimate of drug-likeness (QED) is 0.648. The summed E-state index contributed by atoms with van der Waals surface area (Å²) in [5, 5.41) is 0.